The highest BCUT2D eigenvalue weighted by Crippen LogP contribution is 2.35. The highest BCUT2D eigenvalue weighted by Gasteiger charge is 2.36. The Morgan fingerprint density at radius 2 is 2.22 bits per heavy atom. The first kappa shape index (κ1) is 19.6. The van der Waals surface area contributed by atoms with Crippen LogP contribution in [0, 0.1) is 11.8 Å². The maximum absolute atomic E-state index is 12.6. The van der Waals surface area contributed by atoms with Crippen LogP contribution in [0.1, 0.15) is 25.3 Å². The summed E-state index contributed by atoms with van der Waals surface area (Å²) in [5.41, 5.74) is 0.570. The molecule has 0 saturated carbocycles. The Kier molecular flexibility index (Phi) is 5.96. The van der Waals surface area contributed by atoms with E-state index in [0.717, 1.165) is 11.4 Å². The minimum Gasteiger partial charge on any atom is -0.495 e. The van der Waals surface area contributed by atoms with Crippen LogP contribution in [0.15, 0.2) is 18.2 Å². The van der Waals surface area contributed by atoms with Crippen molar-refractivity contribution in [3.8, 4) is 5.75 Å². The molecule has 1 aromatic heterocycles. The number of halogens is 1. The maximum atomic E-state index is 12.6. The average Bonchev–Trinajstić information content (AvgIpc) is 3.20. The monoisotopic (exact) mass is 408 g/mol. The van der Waals surface area contributed by atoms with Crippen molar-refractivity contribution >= 4 is 45.6 Å². The van der Waals surface area contributed by atoms with E-state index < -0.39 is 5.92 Å². The molecule has 144 valence electrons. The van der Waals surface area contributed by atoms with E-state index in [4.69, 9.17) is 16.3 Å². The van der Waals surface area contributed by atoms with Crippen molar-refractivity contribution in [2.24, 2.45) is 11.8 Å². The smallest absolute Gasteiger partial charge is 0.231 e. The van der Waals surface area contributed by atoms with Crippen molar-refractivity contribution in [1.82, 2.24) is 10.2 Å². The fourth-order valence-electron chi connectivity index (χ4n) is 2.93. The Morgan fingerprint density at radius 3 is 2.93 bits per heavy atom. The first-order valence-corrected chi connectivity index (χ1v) is 9.84. The second-order valence-electron chi connectivity index (χ2n) is 6.81. The van der Waals surface area contributed by atoms with Gasteiger partial charge in [-0.05, 0) is 24.1 Å². The molecule has 2 aromatic rings. The number of carbonyl (C=O) groups is 2. The maximum Gasteiger partial charge on any atom is 0.231 e. The number of ether oxygens (including phenoxy) is 1. The third-order valence-electron chi connectivity index (χ3n) is 4.21. The summed E-state index contributed by atoms with van der Waals surface area (Å²) in [7, 11) is 1.53. The van der Waals surface area contributed by atoms with Crippen LogP contribution in [0.25, 0.3) is 0 Å². The van der Waals surface area contributed by atoms with E-state index in [-0.39, 0.29) is 24.8 Å². The molecule has 0 spiro atoms. The molecule has 0 radical (unpaired) electrons. The number of aromatic nitrogens is 2. The fraction of sp³-hybridized carbons (Fsp3) is 0.444. The van der Waals surface area contributed by atoms with Gasteiger partial charge in [-0.15, -0.1) is 10.2 Å². The first-order chi connectivity index (χ1) is 12.9. The van der Waals surface area contributed by atoms with Crippen molar-refractivity contribution in [3.63, 3.8) is 0 Å². The summed E-state index contributed by atoms with van der Waals surface area (Å²) >= 11 is 7.42. The van der Waals surface area contributed by atoms with Gasteiger partial charge in [-0.25, -0.2) is 0 Å². The molecule has 1 aliphatic rings. The molecule has 1 fully saturated rings. The zero-order valence-electron chi connectivity index (χ0n) is 15.4. The molecule has 1 unspecified atom stereocenters. The highest BCUT2D eigenvalue weighted by atomic mass is 35.5. The van der Waals surface area contributed by atoms with Crippen LogP contribution in [0.4, 0.5) is 10.8 Å². The Hall–Kier alpha value is -2.19. The molecule has 1 aromatic carbocycles. The van der Waals surface area contributed by atoms with Crippen LogP contribution in [0.5, 0.6) is 5.75 Å². The van der Waals surface area contributed by atoms with Crippen LogP contribution in [0.2, 0.25) is 5.02 Å². The lowest BCUT2D eigenvalue weighted by atomic mass is 10.1. The summed E-state index contributed by atoms with van der Waals surface area (Å²) in [6.45, 7) is 4.46. The van der Waals surface area contributed by atoms with Gasteiger partial charge in [-0.2, -0.15) is 0 Å². The van der Waals surface area contributed by atoms with Gasteiger partial charge in [0.25, 0.3) is 0 Å². The van der Waals surface area contributed by atoms with Crippen LogP contribution < -0.4 is 15.0 Å². The van der Waals surface area contributed by atoms with Crippen molar-refractivity contribution in [1.29, 1.82) is 0 Å². The van der Waals surface area contributed by atoms with Gasteiger partial charge >= 0.3 is 0 Å². The lowest BCUT2D eigenvalue weighted by molar-refractivity contribution is -0.122. The molecule has 1 N–H and O–H groups in total. The van der Waals surface area contributed by atoms with Crippen LogP contribution in [-0.2, 0) is 16.0 Å². The van der Waals surface area contributed by atoms with Crippen molar-refractivity contribution in [2.45, 2.75) is 26.7 Å². The Labute approximate surface area is 166 Å². The standard InChI is InChI=1S/C18H21ClN4O3S/c1-10(2)6-15-21-22-18(27-15)20-17(25)11-7-16(24)23(9-11)13-8-12(19)4-5-14(13)26-3/h4-5,8,10-11H,6-7,9H2,1-3H3,(H,20,22,25). The second-order valence-corrected chi connectivity index (χ2v) is 8.31. The third-order valence-corrected chi connectivity index (χ3v) is 5.30. The summed E-state index contributed by atoms with van der Waals surface area (Å²) in [4.78, 5) is 26.6. The van der Waals surface area contributed by atoms with Crippen molar-refractivity contribution < 1.29 is 14.3 Å². The average molecular weight is 409 g/mol. The number of nitrogens with one attached hydrogen (secondary N) is 1. The summed E-state index contributed by atoms with van der Waals surface area (Å²) in [6, 6.07) is 5.07. The zero-order chi connectivity index (χ0) is 19.6. The predicted octanol–water partition coefficient (Wildman–Crippen LogP) is 3.39. The number of hydrogen-bond acceptors (Lipinski definition) is 6. The Balaban J connectivity index is 1.69. The molecule has 27 heavy (non-hydrogen) atoms. The first-order valence-electron chi connectivity index (χ1n) is 8.64. The summed E-state index contributed by atoms with van der Waals surface area (Å²) in [5.74, 6) is 0.151. The minimum atomic E-state index is -0.473. The predicted molar refractivity (Wildman–Crippen MR) is 106 cm³/mol. The van der Waals surface area contributed by atoms with Crippen molar-refractivity contribution in [3.05, 3.63) is 28.2 Å². The molecule has 1 aliphatic heterocycles. The molecular formula is C18H21ClN4O3S. The highest BCUT2D eigenvalue weighted by molar-refractivity contribution is 7.15. The SMILES string of the molecule is COc1ccc(Cl)cc1N1CC(C(=O)Nc2nnc(CC(C)C)s2)CC1=O. The van der Waals surface area contributed by atoms with E-state index in [1.54, 1.807) is 23.1 Å². The quantitative estimate of drug-likeness (QED) is 0.791. The van der Waals surface area contributed by atoms with Gasteiger partial charge in [0.2, 0.25) is 16.9 Å². The normalized spacial score (nSPS) is 16.9. The fourth-order valence-corrected chi connectivity index (χ4v) is 4.05. The third kappa shape index (κ3) is 4.56. The molecule has 2 amide bonds. The molecule has 0 aliphatic carbocycles. The number of nitrogens with zero attached hydrogens (tertiary/aromatic N) is 3. The van der Waals surface area contributed by atoms with E-state index in [1.165, 1.54) is 18.4 Å². The number of anilines is 2. The largest absolute Gasteiger partial charge is 0.495 e. The zero-order valence-corrected chi connectivity index (χ0v) is 16.9. The minimum absolute atomic E-state index is 0.124. The number of amides is 2. The van der Waals surface area contributed by atoms with E-state index in [2.05, 4.69) is 29.4 Å². The van der Waals surface area contributed by atoms with Gasteiger partial charge in [0.05, 0.1) is 18.7 Å². The van der Waals surface area contributed by atoms with E-state index >= 15 is 0 Å². The molecule has 9 heteroatoms. The number of methoxy groups -OCH3 is 1. The molecular weight excluding hydrogens is 388 g/mol. The number of benzene rings is 1. The molecule has 1 saturated heterocycles. The van der Waals surface area contributed by atoms with Gasteiger partial charge in [0.15, 0.2) is 0 Å². The summed E-state index contributed by atoms with van der Waals surface area (Å²) in [6.07, 6.45) is 0.941. The summed E-state index contributed by atoms with van der Waals surface area (Å²) < 4.78 is 5.32. The molecule has 3 rings (SSSR count). The number of rotatable bonds is 6. The Morgan fingerprint density at radius 1 is 1.44 bits per heavy atom. The Bertz CT molecular complexity index is 855. The van der Waals surface area contributed by atoms with Crippen molar-refractivity contribution in [2.75, 3.05) is 23.9 Å². The van der Waals surface area contributed by atoms with Gasteiger partial charge in [0.1, 0.15) is 10.8 Å². The van der Waals surface area contributed by atoms with E-state index in [1.807, 2.05) is 0 Å². The van der Waals surface area contributed by atoms with Gasteiger partial charge in [-0.3, -0.25) is 9.59 Å². The van der Waals surface area contributed by atoms with Gasteiger partial charge in [0, 0.05) is 24.4 Å². The number of carbonyl (C=O) groups excluding carboxylic acids is 2. The van der Waals surface area contributed by atoms with Crippen LogP contribution >= 0.6 is 22.9 Å². The van der Waals surface area contributed by atoms with E-state index in [9.17, 15) is 9.59 Å². The molecule has 2 heterocycles. The van der Waals surface area contributed by atoms with Gasteiger partial charge in [-0.1, -0.05) is 36.8 Å². The van der Waals surface area contributed by atoms with Crippen LogP contribution in [-0.4, -0.2) is 35.7 Å². The van der Waals surface area contributed by atoms with Gasteiger partial charge < -0.3 is 15.0 Å². The topological polar surface area (TPSA) is 84.4 Å². The van der Waals surface area contributed by atoms with E-state index in [0.29, 0.717) is 27.5 Å². The molecule has 0 bridgehead atoms. The number of hydrogen-bond donors (Lipinski definition) is 1. The molecule has 1 atom stereocenters. The lowest BCUT2D eigenvalue weighted by Gasteiger charge is -2.19. The second kappa shape index (κ2) is 8.22. The lowest BCUT2D eigenvalue weighted by Crippen LogP contribution is -2.28. The summed E-state index contributed by atoms with van der Waals surface area (Å²) in [5, 5.41) is 12.7. The molecule has 7 nitrogen and oxygen atoms in total. The van der Waals surface area contributed by atoms with Crippen LogP contribution in [0.3, 0.4) is 0 Å².